The second-order valence-corrected chi connectivity index (χ2v) is 7.35. The summed E-state index contributed by atoms with van der Waals surface area (Å²) in [6, 6.07) is 15.1. The number of thioether (sulfide) groups is 1. The molecular formula is C19H17N3O3S. The van der Waals surface area contributed by atoms with Crippen molar-refractivity contribution in [3.05, 3.63) is 54.1 Å². The zero-order valence-electron chi connectivity index (χ0n) is 13.8. The Morgan fingerprint density at radius 1 is 1.08 bits per heavy atom. The zero-order chi connectivity index (χ0) is 18.1. The third-order valence-electron chi connectivity index (χ3n) is 4.41. The number of amides is 3. The lowest BCUT2D eigenvalue weighted by molar-refractivity contribution is -0.136. The number of nitrogens with one attached hydrogen (secondary N) is 3. The lowest BCUT2D eigenvalue weighted by Gasteiger charge is -2.17. The summed E-state index contributed by atoms with van der Waals surface area (Å²) >= 11 is 1.44. The maximum Gasteiger partial charge on any atom is 0.313 e. The summed E-state index contributed by atoms with van der Waals surface area (Å²) in [5.74, 6) is -0.790. The van der Waals surface area contributed by atoms with Crippen molar-refractivity contribution in [2.24, 2.45) is 0 Å². The van der Waals surface area contributed by atoms with E-state index in [-0.39, 0.29) is 17.9 Å². The van der Waals surface area contributed by atoms with Gasteiger partial charge >= 0.3 is 11.8 Å². The van der Waals surface area contributed by atoms with Crippen molar-refractivity contribution in [3.63, 3.8) is 0 Å². The molecule has 1 fully saturated rings. The highest BCUT2D eigenvalue weighted by molar-refractivity contribution is 8.00. The molecule has 2 aliphatic rings. The van der Waals surface area contributed by atoms with Crippen LogP contribution >= 0.6 is 11.8 Å². The second-order valence-electron chi connectivity index (χ2n) is 6.33. The fourth-order valence-corrected chi connectivity index (χ4v) is 3.79. The van der Waals surface area contributed by atoms with Crippen molar-refractivity contribution in [3.8, 4) is 0 Å². The van der Waals surface area contributed by atoms with E-state index in [0.717, 1.165) is 11.3 Å². The molecule has 3 N–H and O–H groups in total. The number of fused-ring (bicyclic) bond motifs is 1. The predicted molar refractivity (Wildman–Crippen MR) is 100 cm³/mol. The van der Waals surface area contributed by atoms with E-state index in [9.17, 15) is 14.4 Å². The Morgan fingerprint density at radius 2 is 1.88 bits per heavy atom. The molecular weight excluding hydrogens is 350 g/mol. The number of rotatable bonds is 3. The molecule has 132 valence electrons. The first-order valence-electron chi connectivity index (χ1n) is 8.33. The predicted octanol–water partition coefficient (Wildman–Crippen LogP) is 2.34. The molecule has 2 unspecified atom stereocenters. The summed E-state index contributed by atoms with van der Waals surface area (Å²) in [4.78, 5) is 36.7. The minimum atomic E-state index is -0.710. The largest absolute Gasteiger partial charge is 0.344 e. The maximum absolute atomic E-state index is 12.1. The molecule has 2 aromatic carbocycles. The average molecular weight is 367 g/mol. The van der Waals surface area contributed by atoms with Gasteiger partial charge < -0.3 is 16.0 Å². The normalized spacial score (nSPS) is 20.5. The molecule has 1 aliphatic carbocycles. The van der Waals surface area contributed by atoms with E-state index in [2.05, 4.69) is 16.0 Å². The van der Waals surface area contributed by atoms with Gasteiger partial charge in [-0.1, -0.05) is 30.3 Å². The van der Waals surface area contributed by atoms with Gasteiger partial charge in [-0.25, -0.2) is 0 Å². The average Bonchev–Trinajstić information content (AvgIpc) is 3.41. The van der Waals surface area contributed by atoms with Gasteiger partial charge in [-0.05, 0) is 30.2 Å². The molecule has 26 heavy (non-hydrogen) atoms. The van der Waals surface area contributed by atoms with Gasteiger partial charge in [0.05, 0.1) is 11.4 Å². The first-order valence-corrected chi connectivity index (χ1v) is 9.32. The van der Waals surface area contributed by atoms with E-state index in [1.54, 1.807) is 12.1 Å². The van der Waals surface area contributed by atoms with Crippen LogP contribution in [-0.2, 0) is 14.4 Å². The van der Waals surface area contributed by atoms with E-state index < -0.39 is 11.8 Å². The van der Waals surface area contributed by atoms with Gasteiger partial charge in [0.25, 0.3) is 0 Å². The summed E-state index contributed by atoms with van der Waals surface area (Å²) in [5, 5.41) is 8.11. The van der Waals surface area contributed by atoms with Crippen molar-refractivity contribution in [1.29, 1.82) is 0 Å². The quantitative estimate of drug-likeness (QED) is 0.727. The minimum absolute atomic E-state index is 0.00475. The van der Waals surface area contributed by atoms with E-state index in [4.69, 9.17) is 0 Å². The molecule has 0 saturated heterocycles. The molecule has 1 saturated carbocycles. The van der Waals surface area contributed by atoms with Crippen LogP contribution in [-0.4, -0.2) is 29.5 Å². The Bertz CT molecular complexity index is 885. The minimum Gasteiger partial charge on any atom is -0.344 e. The smallest absolute Gasteiger partial charge is 0.313 e. The Kier molecular flexibility index (Phi) is 4.38. The van der Waals surface area contributed by atoms with Crippen LogP contribution in [0.2, 0.25) is 0 Å². The molecule has 2 atom stereocenters. The monoisotopic (exact) mass is 367 g/mol. The van der Waals surface area contributed by atoms with Gasteiger partial charge in [-0.3, -0.25) is 14.4 Å². The van der Waals surface area contributed by atoms with Gasteiger partial charge in [0.1, 0.15) is 0 Å². The van der Waals surface area contributed by atoms with E-state index in [1.165, 1.54) is 17.3 Å². The summed E-state index contributed by atoms with van der Waals surface area (Å²) in [6.07, 6.45) is 0.838. The Labute approximate surface area is 154 Å². The van der Waals surface area contributed by atoms with Crippen molar-refractivity contribution >= 4 is 40.9 Å². The number of hydrogen-bond donors (Lipinski definition) is 3. The summed E-state index contributed by atoms with van der Waals surface area (Å²) < 4.78 is 0. The Hall–Kier alpha value is -2.80. The molecule has 6 nitrogen and oxygen atoms in total. The van der Waals surface area contributed by atoms with Gasteiger partial charge in [0.2, 0.25) is 5.91 Å². The van der Waals surface area contributed by atoms with Crippen LogP contribution in [0.3, 0.4) is 0 Å². The topological polar surface area (TPSA) is 87.3 Å². The highest BCUT2D eigenvalue weighted by Gasteiger charge is 2.40. The fourth-order valence-electron chi connectivity index (χ4n) is 3.01. The van der Waals surface area contributed by atoms with Gasteiger partial charge in [0, 0.05) is 22.5 Å². The zero-order valence-corrected chi connectivity index (χ0v) is 14.6. The van der Waals surface area contributed by atoms with E-state index in [0.29, 0.717) is 17.1 Å². The van der Waals surface area contributed by atoms with Crippen molar-refractivity contribution in [1.82, 2.24) is 5.32 Å². The lowest BCUT2D eigenvalue weighted by Crippen LogP contribution is -2.37. The van der Waals surface area contributed by atoms with Crippen LogP contribution in [0.25, 0.3) is 0 Å². The van der Waals surface area contributed by atoms with Crippen LogP contribution in [0.5, 0.6) is 0 Å². The van der Waals surface area contributed by atoms with Crippen molar-refractivity contribution < 1.29 is 14.4 Å². The molecule has 0 aromatic heterocycles. The highest BCUT2D eigenvalue weighted by atomic mass is 32.2. The number of carbonyl (C=O) groups is 3. The number of carbonyl (C=O) groups excluding carboxylic acids is 3. The number of benzene rings is 2. The van der Waals surface area contributed by atoms with Crippen molar-refractivity contribution in [2.45, 2.75) is 23.3 Å². The molecule has 2 aromatic rings. The Balaban J connectivity index is 1.34. The fraction of sp³-hybridized carbons (Fsp3) is 0.211. The van der Waals surface area contributed by atoms with E-state index in [1.807, 2.05) is 36.4 Å². The van der Waals surface area contributed by atoms with Gasteiger partial charge in [-0.15, -0.1) is 11.8 Å². The maximum atomic E-state index is 12.1. The molecule has 1 aliphatic heterocycles. The highest BCUT2D eigenvalue weighted by Crippen LogP contribution is 2.40. The first-order chi connectivity index (χ1) is 12.6. The summed E-state index contributed by atoms with van der Waals surface area (Å²) in [7, 11) is 0. The van der Waals surface area contributed by atoms with Crippen LogP contribution in [0, 0.1) is 0 Å². The Morgan fingerprint density at radius 3 is 2.69 bits per heavy atom. The van der Waals surface area contributed by atoms with Gasteiger partial charge in [-0.2, -0.15) is 0 Å². The van der Waals surface area contributed by atoms with Crippen LogP contribution in [0.1, 0.15) is 17.9 Å². The third-order valence-corrected chi connectivity index (χ3v) is 5.48. The lowest BCUT2D eigenvalue weighted by atomic mass is 10.1. The molecule has 4 rings (SSSR count). The van der Waals surface area contributed by atoms with Crippen molar-refractivity contribution in [2.75, 3.05) is 16.4 Å². The number of anilines is 2. The first kappa shape index (κ1) is 16.7. The summed E-state index contributed by atoms with van der Waals surface area (Å²) in [6.45, 7) is 0. The van der Waals surface area contributed by atoms with Crippen LogP contribution in [0.15, 0.2) is 53.4 Å². The van der Waals surface area contributed by atoms with E-state index >= 15 is 0 Å². The molecule has 0 radical (unpaired) electrons. The van der Waals surface area contributed by atoms with Gasteiger partial charge in [0.15, 0.2) is 0 Å². The molecule has 7 heteroatoms. The molecule has 0 spiro atoms. The SMILES string of the molecule is O=C1CSc2ccc(NC(=O)C(=O)NC3CC3c3ccccc3)cc2N1. The molecule has 1 heterocycles. The molecule has 0 bridgehead atoms. The van der Waals surface area contributed by atoms with Crippen LogP contribution in [0.4, 0.5) is 11.4 Å². The standard InChI is InChI=1S/C19H17N3O3S/c23-17-10-26-16-7-6-12(8-15(16)21-17)20-18(24)19(25)22-14-9-13(14)11-4-2-1-3-5-11/h1-8,13-14H,9-10H2,(H,20,24)(H,21,23)(H,22,25). The summed E-state index contributed by atoms with van der Waals surface area (Å²) in [5.41, 5.74) is 2.29. The number of hydrogen-bond acceptors (Lipinski definition) is 4. The van der Waals surface area contributed by atoms with Crippen LogP contribution < -0.4 is 16.0 Å². The molecule has 3 amide bonds. The second kappa shape index (κ2) is 6.84. The third kappa shape index (κ3) is 3.57.